The number of carbonyl (C=O) groups excluding carboxylic acids is 3. The topological polar surface area (TPSA) is 288 Å². The highest BCUT2D eigenvalue weighted by atomic mass is 35.5. The van der Waals surface area contributed by atoms with E-state index in [9.17, 15) is 24.8 Å². The Labute approximate surface area is 420 Å². The first-order valence-electron chi connectivity index (χ1n) is 20.6. The largest absolute Gasteiger partial charge is 0.508 e. The lowest BCUT2D eigenvalue weighted by molar-refractivity contribution is -0.118. The summed E-state index contributed by atoms with van der Waals surface area (Å²) in [5.74, 6) is 1.34. The van der Waals surface area contributed by atoms with Crippen LogP contribution in [0, 0.1) is 22.7 Å². The number of amides is 3. The molecule has 0 aliphatic rings. The number of fused-ring (bicyclic) bond motifs is 1. The van der Waals surface area contributed by atoms with E-state index in [1.807, 2.05) is 12.1 Å². The van der Waals surface area contributed by atoms with Crippen molar-refractivity contribution in [3.05, 3.63) is 142 Å². The molecule has 366 valence electrons. The monoisotopic (exact) mass is 1030 g/mol. The van der Waals surface area contributed by atoms with Crippen LogP contribution in [-0.2, 0) is 19.1 Å². The van der Waals surface area contributed by atoms with Crippen molar-refractivity contribution in [1.29, 1.82) is 10.5 Å². The zero-order valence-corrected chi connectivity index (χ0v) is 39.9. The number of nitrogens with one attached hydrogen (secondary N) is 3. The summed E-state index contributed by atoms with van der Waals surface area (Å²) >= 11 is 17.2. The van der Waals surface area contributed by atoms with E-state index in [0.717, 1.165) is 0 Å². The fourth-order valence-electron chi connectivity index (χ4n) is 5.55. The first-order chi connectivity index (χ1) is 34.3. The molecule has 6 N–H and O–H groups in total. The molecule has 3 aromatic carbocycles. The lowest BCUT2D eigenvalue weighted by atomic mass is 10.2. The van der Waals surface area contributed by atoms with Crippen molar-refractivity contribution in [3.63, 3.8) is 0 Å². The summed E-state index contributed by atoms with van der Waals surface area (Å²) in [6, 6.07) is 27.4. The molecule has 23 heteroatoms. The second-order valence-electron chi connectivity index (χ2n) is 14.0. The summed E-state index contributed by atoms with van der Waals surface area (Å²) in [7, 11) is 3.17. The number of hydrogen-bond acceptors (Lipinski definition) is 17. The highest BCUT2D eigenvalue weighted by molar-refractivity contribution is 6.31. The number of methoxy groups -OCH3 is 2. The number of ether oxygens (including phenoxy) is 6. The zero-order chi connectivity index (χ0) is 51.1. The minimum absolute atomic E-state index is 0.0146. The van der Waals surface area contributed by atoms with Crippen molar-refractivity contribution >= 4 is 86.6 Å². The number of rotatable bonds is 18. The van der Waals surface area contributed by atoms with E-state index in [4.69, 9.17) is 78.6 Å². The molecule has 0 aliphatic carbocycles. The summed E-state index contributed by atoms with van der Waals surface area (Å²) in [6.45, 7) is 1.15. The van der Waals surface area contributed by atoms with Crippen molar-refractivity contribution in [1.82, 2.24) is 15.0 Å². The molecule has 0 aliphatic heterocycles. The van der Waals surface area contributed by atoms with Crippen LogP contribution in [0.3, 0.4) is 0 Å². The number of phenolic OH excluding ortho intramolecular Hbond substituents is 1. The van der Waals surface area contributed by atoms with E-state index in [1.165, 1.54) is 36.8 Å². The molecule has 0 saturated heterocycles. The Balaban J connectivity index is 0.000000199. The molecular weight excluding hydrogens is 985 g/mol. The van der Waals surface area contributed by atoms with Crippen LogP contribution in [0.25, 0.3) is 11.0 Å². The molecule has 0 saturated carbocycles. The SMILES string of the molecule is COCCOc1ccc(OCC(=O)Nc2ccc(Cl)cn2)c(C#N)c1.COCCOc1ccc2oc(C(=O)Nc3ccc(Cl)cn3)c(N)c2c1.N#Cc1cc(O)ccc1OCC(=O)Nc1ccc(Cl)cn1. The molecule has 0 atom stereocenters. The van der Waals surface area contributed by atoms with Crippen LogP contribution in [0.5, 0.6) is 28.7 Å². The fraction of sp³-hybridized carbons (Fsp3) is 0.167. The van der Waals surface area contributed by atoms with Gasteiger partial charge in [0.1, 0.15) is 77.1 Å². The fourth-order valence-corrected chi connectivity index (χ4v) is 5.89. The molecule has 0 radical (unpaired) electrons. The average Bonchev–Trinajstić information content (AvgIpc) is 3.70. The van der Waals surface area contributed by atoms with Crippen LogP contribution in [0.1, 0.15) is 21.7 Å². The quantitative estimate of drug-likeness (QED) is 0.0505. The number of pyridine rings is 3. The summed E-state index contributed by atoms with van der Waals surface area (Å²) in [4.78, 5) is 47.8. The third-order valence-electron chi connectivity index (χ3n) is 8.85. The molecule has 4 aromatic heterocycles. The van der Waals surface area contributed by atoms with Crippen LogP contribution in [0.4, 0.5) is 23.1 Å². The van der Waals surface area contributed by atoms with Gasteiger partial charge in [-0.15, -0.1) is 0 Å². The number of halogens is 3. The van der Waals surface area contributed by atoms with Gasteiger partial charge in [-0.05, 0) is 78.9 Å². The minimum atomic E-state index is -0.495. The Morgan fingerprint density at radius 2 is 1.08 bits per heavy atom. The number of hydrogen-bond donors (Lipinski definition) is 5. The molecule has 0 spiro atoms. The maximum Gasteiger partial charge on any atom is 0.294 e. The molecule has 0 fully saturated rings. The maximum absolute atomic E-state index is 12.4. The molecule has 20 nitrogen and oxygen atoms in total. The number of phenols is 1. The standard InChI is InChI=1S/2C17H16ClN3O4.C14H10ClN3O3/c1-23-6-7-24-11-3-4-13-12(8-11)15(19)16(25-13)17(22)21-14-5-2-10(18)9-20-14;1-23-6-7-24-14-3-4-15(12(8-14)9-19)25-11-17(22)21-16-5-2-13(18)10-20-16;15-10-1-4-13(17-7-10)18-14(20)8-21-12-3-2-11(19)5-9(12)6-16/h2-5,8-9H,6-7,19H2,1H3,(H,20,21,22);2-5,8,10H,6-7,11H2,1H3,(H,20,21,22);1-5,7,19H,8H2,(H,17,18,20). The van der Waals surface area contributed by atoms with Gasteiger partial charge in [-0.1, -0.05) is 34.8 Å². The molecule has 0 bridgehead atoms. The van der Waals surface area contributed by atoms with Crippen molar-refractivity contribution in [2.75, 3.05) is 75.5 Å². The highest BCUT2D eigenvalue weighted by Crippen LogP contribution is 2.32. The molecule has 0 unspecified atom stereocenters. The van der Waals surface area contributed by atoms with Gasteiger partial charge in [-0.3, -0.25) is 14.4 Å². The third-order valence-corrected chi connectivity index (χ3v) is 9.52. The number of nitrogens with two attached hydrogens (primary N) is 1. The van der Waals surface area contributed by atoms with E-state index in [-0.39, 0.29) is 47.3 Å². The molecule has 71 heavy (non-hydrogen) atoms. The number of nitriles is 2. The van der Waals surface area contributed by atoms with Gasteiger partial charge in [-0.2, -0.15) is 10.5 Å². The zero-order valence-electron chi connectivity index (χ0n) is 37.6. The van der Waals surface area contributed by atoms with Gasteiger partial charge in [0, 0.05) is 50.3 Å². The number of benzene rings is 3. The van der Waals surface area contributed by atoms with E-state index in [1.54, 1.807) is 87.0 Å². The predicted octanol–water partition coefficient (Wildman–Crippen LogP) is 8.32. The molecule has 7 aromatic rings. The van der Waals surface area contributed by atoms with E-state index in [0.29, 0.717) is 87.2 Å². The van der Waals surface area contributed by atoms with Gasteiger partial charge in [0.2, 0.25) is 5.76 Å². The molecule has 3 amide bonds. The van der Waals surface area contributed by atoms with Crippen LogP contribution >= 0.6 is 34.8 Å². The Kier molecular flexibility index (Phi) is 20.8. The van der Waals surface area contributed by atoms with Gasteiger partial charge >= 0.3 is 0 Å². The first kappa shape index (κ1) is 53.6. The minimum Gasteiger partial charge on any atom is -0.508 e. The number of furan rings is 1. The van der Waals surface area contributed by atoms with Crippen LogP contribution in [0.15, 0.2) is 114 Å². The number of nitrogens with zero attached hydrogens (tertiary/aromatic N) is 5. The van der Waals surface area contributed by atoms with Crippen LogP contribution < -0.4 is 40.6 Å². The maximum atomic E-state index is 12.4. The summed E-state index contributed by atoms with van der Waals surface area (Å²) in [6.07, 6.45) is 4.27. The Bertz CT molecular complexity index is 2990. The lowest BCUT2D eigenvalue weighted by Crippen LogP contribution is -2.21. The Morgan fingerprint density at radius 1 is 0.620 bits per heavy atom. The summed E-state index contributed by atoms with van der Waals surface area (Å²) < 4.78 is 37.0. The second-order valence-corrected chi connectivity index (χ2v) is 15.3. The second kappa shape index (κ2) is 27.6. The normalized spacial score (nSPS) is 10.2. The van der Waals surface area contributed by atoms with Crippen molar-refractivity contribution in [2.24, 2.45) is 0 Å². The average molecular weight is 1030 g/mol. The van der Waals surface area contributed by atoms with E-state index >= 15 is 0 Å². The lowest BCUT2D eigenvalue weighted by Gasteiger charge is -2.10. The number of aromatic nitrogens is 3. The van der Waals surface area contributed by atoms with Crippen molar-refractivity contribution in [2.45, 2.75) is 0 Å². The predicted molar refractivity (Wildman–Crippen MR) is 263 cm³/mol. The molecule has 7 rings (SSSR count). The first-order valence-corrected chi connectivity index (χ1v) is 21.8. The molecular formula is C48H42Cl3N9O11. The van der Waals surface area contributed by atoms with Crippen LogP contribution in [-0.4, -0.2) is 91.6 Å². The van der Waals surface area contributed by atoms with Gasteiger partial charge in [0.05, 0.1) is 45.1 Å². The van der Waals surface area contributed by atoms with Crippen molar-refractivity contribution < 1.29 is 52.3 Å². The van der Waals surface area contributed by atoms with Gasteiger partial charge in [0.15, 0.2) is 13.2 Å². The van der Waals surface area contributed by atoms with Crippen LogP contribution in [0.2, 0.25) is 15.1 Å². The van der Waals surface area contributed by atoms with Gasteiger partial charge in [-0.25, -0.2) is 15.0 Å². The number of carbonyl (C=O) groups is 3. The number of anilines is 4. The summed E-state index contributed by atoms with van der Waals surface area (Å²) in [5, 5.41) is 37.1. The van der Waals surface area contributed by atoms with Crippen molar-refractivity contribution in [3.8, 4) is 40.9 Å². The molecule has 4 heterocycles. The highest BCUT2D eigenvalue weighted by Gasteiger charge is 2.20. The third kappa shape index (κ3) is 17.3. The van der Waals surface area contributed by atoms with Gasteiger partial charge < -0.3 is 59.6 Å². The smallest absolute Gasteiger partial charge is 0.294 e. The summed E-state index contributed by atoms with van der Waals surface area (Å²) in [5.41, 5.74) is 7.21. The number of nitrogen functional groups attached to an aromatic ring is 1. The Morgan fingerprint density at radius 3 is 1.56 bits per heavy atom. The van der Waals surface area contributed by atoms with E-state index in [2.05, 4.69) is 30.9 Å². The Hall–Kier alpha value is -8.37. The number of aromatic hydroxyl groups is 1. The van der Waals surface area contributed by atoms with Gasteiger partial charge in [0.25, 0.3) is 17.7 Å². The van der Waals surface area contributed by atoms with E-state index < -0.39 is 17.7 Å².